The molecule has 0 saturated heterocycles. The molecule has 1 radical (unpaired) electrons. The zero-order valence-corrected chi connectivity index (χ0v) is 8.73. The molecule has 1 nitrogen and oxygen atoms in total. The zero-order chi connectivity index (χ0) is 10.5. The van der Waals surface area contributed by atoms with Crippen LogP contribution in [-0.2, 0) is 6.61 Å². The van der Waals surface area contributed by atoms with Gasteiger partial charge in [-0.1, -0.05) is 42.5 Å². The van der Waals surface area contributed by atoms with Gasteiger partial charge in [-0.3, -0.25) is 0 Å². The van der Waals surface area contributed by atoms with Gasteiger partial charge < -0.3 is 4.74 Å². The minimum Gasteiger partial charge on any atom is -0.488 e. The number of ether oxygens (including phenoxy) is 1. The molecule has 2 aromatic carbocycles. The van der Waals surface area contributed by atoms with Gasteiger partial charge in [-0.15, -0.1) is 0 Å². The van der Waals surface area contributed by atoms with Gasteiger partial charge in [0, 0.05) is 6.07 Å². The molecular formula is C14H13O. The molecule has 0 aromatic heterocycles. The van der Waals surface area contributed by atoms with Crippen molar-refractivity contribution in [3.63, 3.8) is 0 Å². The maximum atomic E-state index is 5.62. The Bertz CT molecular complexity index is 420. The van der Waals surface area contributed by atoms with E-state index in [9.17, 15) is 0 Å². The largest absolute Gasteiger partial charge is 0.488 e. The molecule has 0 heterocycles. The number of rotatable bonds is 3. The zero-order valence-electron chi connectivity index (χ0n) is 8.73. The molecule has 0 N–H and O–H groups in total. The second kappa shape index (κ2) is 4.65. The van der Waals surface area contributed by atoms with Crippen molar-refractivity contribution in [1.82, 2.24) is 0 Å². The Labute approximate surface area is 90.3 Å². The van der Waals surface area contributed by atoms with Crippen LogP contribution >= 0.6 is 0 Å². The molecule has 15 heavy (non-hydrogen) atoms. The van der Waals surface area contributed by atoms with Crippen LogP contribution in [0.5, 0.6) is 5.75 Å². The highest BCUT2D eigenvalue weighted by Gasteiger charge is 1.95. The minimum atomic E-state index is 0.598. The van der Waals surface area contributed by atoms with E-state index in [1.807, 2.05) is 43.3 Å². The lowest BCUT2D eigenvalue weighted by Gasteiger charge is -2.05. The molecule has 0 bridgehead atoms. The fourth-order valence-corrected chi connectivity index (χ4v) is 1.38. The van der Waals surface area contributed by atoms with Crippen LogP contribution in [0.15, 0.2) is 48.5 Å². The van der Waals surface area contributed by atoms with Crippen molar-refractivity contribution in [2.45, 2.75) is 13.5 Å². The van der Waals surface area contributed by atoms with E-state index in [0.29, 0.717) is 6.61 Å². The summed E-state index contributed by atoms with van der Waals surface area (Å²) in [6, 6.07) is 19.2. The average molecular weight is 197 g/mol. The third-order valence-electron chi connectivity index (χ3n) is 2.15. The van der Waals surface area contributed by atoms with E-state index in [-0.39, 0.29) is 0 Å². The quantitative estimate of drug-likeness (QED) is 0.733. The summed E-state index contributed by atoms with van der Waals surface area (Å²) in [7, 11) is 0. The van der Waals surface area contributed by atoms with Gasteiger partial charge >= 0.3 is 0 Å². The number of aryl methyl sites for hydroxylation is 1. The first kappa shape index (κ1) is 9.78. The maximum absolute atomic E-state index is 5.62. The van der Waals surface area contributed by atoms with E-state index < -0.39 is 0 Å². The highest BCUT2D eigenvalue weighted by molar-refractivity contribution is 5.26. The van der Waals surface area contributed by atoms with Crippen molar-refractivity contribution in [1.29, 1.82) is 0 Å². The van der Waals surface area contributed by atoms with Gasteiger partial charge in [-0.05, 0) is 24.1 Å². The highest BCUT2D eigenvalue weighted by Crippen LogP contribution is 2.13. The minimum absolute atomic E-state index is 0.598. The lowest BCUT2D eigenvalue weighted by molar-refractivity contribution is 0.305. The summed E-state index contributed by atoms with van der Waals surface area (Å²) in [6.07, 6.45) is 0. The van der Waals surface area contributed by atoms with Crippen LogP contribution < -0.4 is 4.74 Å². The normalized spacial score (nSPS) is 9.93. The summed E-state index contributed by atoms with van der Waals surface area (Å²) in [4.78, 5) is 0. The van der Waals surface area contributed by atoms with Crippen molar-refractivity contribution in [2.75, 3.05) is 0 Å². The molecule has 2 aromatic rings. The first-order chi connectivity index (χ1) is 7.34. The third kappa shape index (κ3) is 2.84. The van der Waals surface area contributed by atoms with Crippen molar-refractivity contribution in [2.24, 2.45) is 0 Å². The summed E-state index contributed by atoms with van der Waals surface area (Å²) >= 11 is 0. The SMILES string of the molecule is Cc1[c]c(OCc2ccccc2)ccc1. The van der Waals surface area contributed by atoms with Crippen LogP contribution in [-0.4, -0.2) is 0 Å². The summed E-state index contributed by atoms with van der Waals surface area (Å²) in [5.74, 6) is 0.804. The molecule has 0 aliphatic heterocycles. The lowest BCUT2D eigenvalue weighted by Crippen LogP contribution is -1.95. The summed E-state index contributed by atoms with van der Waals surface area (Å²) in [5.41, 5.74) is 2.27. The number of benzene rings is 2. The molecule has 0 spiro atoms. The molecule has 0 aliphatic rings. The van der Waals surface area contributed by atoms with E-state index in [1.54, 1.807) is 0 Å². The van der Waals surface area contributed by atoms with Crippen molar-refractivity contribution in [3.05, 3.63) is 65.7 Å². The monoisotopic (exact) mass is 197 g/mol. The van der Waals surface area contributed by atoms with Crippen LogP contribution in [0.1, 0.15) is 11.1 Å². The smallest absolute Gasteiger partial charge is 0.128 e. The van der Waals surface area contributed by atoms with E-state index in [4.69, 9.17) is 4.74 Å². The molecule has 0 fully saturated rings. The summed E-state index contributed by atoms with van der Waals surface area (Å²) in [6.45, 7) is 2.61. The van der Waals surface area contributed by atoms with Crippen LogP contribution in [0.2, 0.25) is 0 Å². The Morgan fingerprint density at radius 1 is 1.00 bits per heavy atom. The molecular weight excluding hydrogens is 184 g/mol. The van der Waals surface area contributed by atoms with Crippen molar-refractivity contribution in [3.8, 4) is 5.75 Å². The molecule has 2 rings (SSSR count). The molecule has 75 valence electrons. The van der Waals surface area contributed by atoms with E-state index in [1.165, 1.54) is 5.56 Å². The first-order valence-corrected chi connectivity index (χ1v) is 5.00. The van der Waals surface area contributed by atoms with Crippen molar-refractivity contribution < 1.29 is 4.74 Å². The third-order valence-corrected chi connectivity index (χ3v) is 2.15. The molecule has 1 heteroatoms. The van der Waals surface area contributed by atoms with Gasteiger partial charge in [0.05, 0.1) is 0 Å². The Hall–Kier alpha value is -1.76. The number of hydrogen-bond acceptors (Lipinski definition) is 1. The fraction of sp³-hybridized carbons (Fsp3) is 0.143. The van der Waals surface area contributed by atoms with E-state index in [0.717, 1.165) is 11.3 Å². The van der Waals surface area contributed by atoms with Gasteiger partial charge in [-0.25, -0.2) is 0 Å². The fourth-order valence-electron chi connectivity index (χ4n) is 1.38. The molecule has 0 saturated carbocycles. The van der Waals surface area contributed by atoms with E-state index >= 15 is 0 Å². The molecule has 0 aliphatic carbocycles. The number of hydrogen-bond donors (Lipinski definition) is 0. The molecule has 0 amide bonds. The standard InChI is InChI=1S/C14H13O/c1-12-6-5-9-14(10-12)15-11-13-7-3-2-4-8-13/h2-9H,11H2,1H3. The Kier molecular flexibility index (Phi) is 3.03. The second-order valence-electron chi connectivity index (χ2n) is 3.47. The van der Waals surface area contributed by atoms with Crippen molar-refractivity contribution >= 4 is 0 Å². The van der Waals surface area contributed by atoms with Gasteiger partial charge in [0.2, 0.25) is 0 Å². The molecule has 0 unspecified atom stereocenters. The highest BCUT2D eigenvalue weighted by atomic mass is 16.5. The second-order valence-corrected chi connectivity index (χ2v) is 3.47. The Morgan fingerprint density at radius 3 is 2.53 bits per heavy atom. The van der Waals surface area contributed by atoms with Gasteiger partial charge in [0.15, 0.2) is 0 Å². The topological polar surface area (TPSA) is 9.23 Å². The first-order valence-electron chi connectivity index (χ1n) is 5.00. The predicted octanol–water partition coefficient (Wildman–Crippen LogP) is 3.37. The average Bonchev–Trinajstić information content (AvgIpc) is 2.28. The lowest BCUT2D eigenvalue weighted by atomic mass is 10.2. The maximum Gasteiger partial charge on any atom is 0.128 e. The van der Waals surface area contributed by atoms with Crippen LogP contribution in [0.4, 0.5) is 0 Å². The van der Waals surface area contributed by atoms with E-state index in [2.05, 4.69) is 18.2 Å². The molecule has 0 atom stereocenters. The Balaban J connectivity index is 1.99. The van der Waals surface area contributed by atoms with Crippen LogP contribution in [0, 0.1) is 13.0 Å². The van der Waals surface area contributed by atoms with Crippen LogP contribution in [0.3, 0.4) is 0 Å². The van der Waals surface area contributed by atoms with Gasteiger partial charge in [0.1, 0.15) is 12.4 Å². The summed E-state index contributed by atoms with van der Waals surface area (Å²) < 4.78 is 5.62. The summed E-state index contributed by atoms with van der Waals surface area (Å²) in [5, 5.41) is 0. The van der Waals surface area contributed by atoms with Gasteiger partial charge in [-0.2, -0.15) is 0 Å². The predicted molar refractivity (Wildman–Crippen MR) is 60.8 cm³/mol. The Morgan fingerprint density at radius 2 is 1.80 bits per heavy atom. The van der Waals surface area contributed by atoms with Crippen LogP contribution in [0.25, 0.3) is 0 Å². The van der Waals surface area contributed by atoms with Gasteiger partial charge in [0.25, 0.3) is 0 Å².